The van der Waals surface area contributed by atoms with Crippen LogP contribution in [0.3, 0.4) is 0 Å². The highest BCUT2D eigenvalue weighted by Gasteiger charge is 2.41. The van der Waals surface area contributed by atoms with E-state index in [1.165, 1.54) is 0 Å². The fourth-order valence-electron chi connectivity index (χ4n) is 3.64. The highest BCUT2D eigenvalue weighted by molar-refractivity contribution is 5.52. The number of rotatable bonds is 5. The van der Waals surface area contributed by atoms with Crippen molar-refractivity contribution in [1.29, 1.82) is 0 Å². The van der Waals surface area contributed by atoms with Crippen molar-refractivity contribution in [3.05, 3.63) is 59.7 Å². The number of nitrogens with zero attached hydrogens (tertiary/aromatic N) is 2. The lowest BCUT2D eigenvalue weighted by Crippen LogP contribution is -2.46. The normalized spacial score (nSPS) is 17.6. The van der Waals surface area contributed by atoms with Gasteiger partial charge < -0.3 is 20.2 Å². The molecule has 25 heavy (non-hydrogen) atoms. The first-order valence-corrected chi connectivity index (χ1v) is 8.94. The van der Waals surface area contributed by atoms with Crippen molar-refractivity contribution in [2.45, 2.75) is 24.5 Å². The van der Waals surface area contributed by atoms with Gasteiger partial charge in [-0.05, 0) is 54.8 Å². The maximum atomic E-state index is 11.8. The molecule has 2 aromatic carbocycles. The van der Waals surface area contributed by atoms with Crippen LogP contribution < -0.4 is 15.1 Å². The predicted octanol–water partition coefficient (Wildman–Crippen LogP) is 2.81. The summed E-state index contributed by atoms with van der Waals surface area (Å²) in [6.45, 7) is 0.957. The molecule has 1 atom stereocenters. The van der Waals surface area contributed by atoms with E-state index >= 15 is 0 Å². The summed E-state index contributed by atoms with van der Waals surface area (Å²) < 4.78 is 0. The van der Waals surface area contributed by atoms with E-state index < -0.39 is 5.60 Å². The van der Waals surface area contributed by atoms with E-state index in [-0.39, 0.29) is 6.04 Å². The molecule has 1 aliphatic heterocycles. The van der Waals surface area contributed by atoms with Gasteiger partial charge >= 0.3 is 0 Å². The van der Waals surface area contributed by atoms with E-state index in [4.69, 9.17) is 0 Å². The Kier molecular flexibility index (Phi) is 5.02. The lowest BCUT2D eigenvalue weighted by molar-refractivity contribution is 0.0443. The Hall–Kier alpha value is -2.04. The second-order valence-electron chi connectivity index (χ2n) is 7.30. The Labute approximate surface area is 151 Å². The van der Waals surface area contributed by atoms with Crippen LogP contribution in [0.1, 0.15) is 24.0 Å². The third-order valence-corrected chi connectivity index (χ3v) is 5.21. The Morgan fingerprint density at radius 2 is 1.28 bits per heavy atom. The van der Waals surface area contributed by atoms with Gasteiger partial charge in [0, 0.05) is 45.6 Å². The van der Waals surface area contributed by atoms with Gasteiger partial charge in [-0.3, -0.25) is 0 Å². The van der Waals surface area contributed by atoms with Gasteiger partial charge in [-0.1, -0.05) is 24.3 Å². The summed E-state index contributed by atoms with van der Waals surface area (Å²) in [5.41, 5.74) is 3.12. The van der Waals surface area contributed by atoms with E-state index in [1.54, 1.807) is 0 Å². The van der Waals surface area contributed by atoms with Crippen molar-refractivity contribution < 1.29 is 5.11 Å². The summed E-state index contributed by atoms with van der Waals surface area (Å²) in [5.74, 6) is 0. The highest BCUT2D eigenvalue weighted by Crippen LogP contribution is 2.37. The zero-order valence-corrected chi connectivity index (χ0v) is 15.7. The average molecular weight is 339 g/mol. The largest absolute Gasteiger partial charge is 0.379 e. The summed E-state index contributed by atoms with van der Waals surface area (Å²) in [6.07, 6.45) is 2.07. The lowest BCUT2D eigenvalue weighted by atomic mass is 9.79. The van der Waals surface area contributed by atoms with Crippen LogP contribution in [0.25, 0.3) is 0 Å². The Bertz CT molecular complexity index is 635. The summed E-state index contributed by atoms with van der Waals surface area (Å²) in [7, 11) is 8.11. The molecule has 3 rings (SSSR count). The topological polar surface area (TPSA) is 38.7 Å². The van der Waals surface area contributed by atoms with Gasteiger partial charge in [0.25, 0.3) is 0 Å². The molecule has 0 saturated carbocycles. The molecule has 1 aliphatic rings. The van der Waals surface area contributed by atoms with Gasteiger partial charge in [0.05, 0.1) is 0 Å². The van der Waals surface area contributed by atoms with Crippen LogP contribution in [-0.4, -0.2) is 45.9 Å². The van der Waals surface area contributed by atoms with E-state index in [9.17, 15) is 5.11 Å². The van der Waals surface area contributed by atoms with E-state index in [2.05, 4.69) is 63.6 Å². The molecule has 1 saturated heterocycles. The molecule has 0 aromatic heterocycles. The summed E-state index contributed by atoms with van der Waals surface area (Å²) in [6, 6.07) is 16.5. The lowest BCUT2D eigenvalue weighted by Gasteiger charge is -2.36. The number of benzene rings is 2. The van der Waals surface area contributed by atoms with Gasteiger partial charge in [-0.15, -0.1) is 0 Å². The minimum atomic E-state index is -1.02. The van der Waals surface area contributed by atoms with Gasteiger partial charge in [-0.2, -0.15) is 0 Å². The molecule has 1 fully saturated rings. The molecule has 0 unspecified atom stereocenters. The van der Waals surface area contributed by atoms with Crippen LogP contribution in [0.2, 0.25) is 0 Å². The Balaban J connectivity index is 2.03. The molecule has 4 heteroatoms. The summed E-state index contributed by atoms with van der Waals surface area (Å²) in [4.78, 5) is 4.14. The van der Waals surface area contributed by atoms with Crippen molar-refractivity contribution >= 4 is 11.4 Å². The maximum absolute atomic E-state index is 11.8. The van der Waals surface area contributed by atoms with Gasteiger partial charge in [0.2, 0.25) is 0 Å². The van der Waals surface area contributed by atoms with Crippen molar-refractivity contribution in [1.82, 2.24) is 5.32 Å². The monoisotopic (exact) mass is 339 g/mol. The maximum Gasteiger partial charge on any atom is 0.130 e. The molecular formula is C21H29N3O. The third kappa shape index (κ3) is 3.37. The van der Waals surface area contributed by atoms with Crippen molar-refractivity contribution in [3.63, 3.8) is 0 Å². The van der Waals surface area contributed by atoms with Crippen molar-refractivity contribution in [2.75, 3.05) is 44.5 Å². The fraction of sp³-hybridized carbons (Fsp3) is 0.429. The number of hydrogen-bond acceptors (Lipinski definition) is 4. The Morgan fingerprint density at radius 3 is 1.60 bits per heavy atom. The highest BCUT2D eigenvalue weighted by atomic mass is 16.3. The van der Waals surface area contributed by atoms with Crippen molar-refractivity contribution in [3.8, 4) is 0 Å². The van der Waals surface area contributed by atoms with Crippen LogP contribution in [-0.2, 0) is 5.60 Å². The van der Waals surface area contributed by atoms with Crippen LogP contribution in [0, 0.1) is 0 Å². The van der Waals surface area contributed by atoms with E-state index in [0.29, 0.717) is 0 Å². The molecule has 0 spiro atoms. The van der Waals surface area contributed by atoms with Crippen molar-refractivity contribution in [2.24, 2.45) is 0 Å². The van der Waals surface area contributed by atoms with Crippen LogP contribution >= 0.6 is 0 Å². The van der Waals surface area contributed by atoms with E-state index in [1.807, 2.05) is 28.2 Å². The van der Waals surface area contributed by atoms with E-state index in [0.717, 1.165) is 41.9 Å². The second-order valence-corrected chi connectivity index (χ2v) is 7.30. The number of nitrogens with one attached hydrogen (secondary N) is 1. The minimum absolute atomic E-state index is 0.0305. The summed E-state index contributed by atoms with van der Waals surface area (Å²) in [5, 5.41) is 15.3. The first kappa shape index (κ1) is 17.8. The smallest absolute Gasteiger partial charge is 0.130 e. The zero-order valence-electron chi connectivity index (χ0n) is 15.7. The predicted molar refractivity (Wildman–Crippen MR) is 106 cm³/mol. The van der Waals surface area contributed by atoms with Crippen LogP contribution in [0.4, 0.5) is 11.4 Å². The number of aliphatic hydroxyl groups is 1. The minimum Gasteiger partial charge on any atom is -0.379 e. The van der Waals surface area contributed by atoms with Gasteiger partial charge in [0.15, 0.2) is 0 Å². The summed E-state index contributed by atoms with van der Waals surface area (Å²) >= 11 is 0. The first-order chi connectivity index (χ1) is 11.9. The molecule has 0 radical (unpaired) electrons. The molecular weight excluding hydrogens is 310 g/mol. The zero-order chi connectivity index (χ0) is 18.0. The molecule has 134 valence electrons. The number of anilines is 2. The number of hydrogen-bond donors (Lipinski definition) is 2. The molecule has 2 N–H and O–H groups in total. The fourth-order valence-corrected chi connectivity index (χ4v) is 3.64. The standard InChI is InChI=1S/C21H29N3O/c1-23(2)18-11-7-16(8-12-18)21(25,20-6-5-15-22-20)17-9-13-19(14-10-17)24(3)4/h7-14,20,22,25H,5-6,15H2,1-4H3/t20-/m0/s1. The molecule has 4 nitrogen and oxygen atoms in total. The average Bonchev–Trinajstić information content (AvgIpc) is 3.16. The molecule has 0 aliphatic carbocycles. The second kappa shape index (κ2) is 7.06. The molecule has 0 amide bonds. The molecule has 2 aromatic rings. The van der Waals surface area contributed by atoms with Gasteiger partial charge in [0.1, 0.15) is 5.60 Å². The molecule has 0 bridgehead atoms. The SMILES string of the molecule is CN(C)c1ccc(C(O)(c2ccc(N(C)C)cc2)[C@@H]2CCCN2)cc1. The quantitative estimate of drug-likeness (QED) is 0.879. The van der Waals surface area contributed by atoms with Crippen LogP contribution in [0.15, 0.2) is 48.5 Å². The first-order valence-electron chi connectivity index (χ1n) is 8.94. The third-order valence-electron chi connectivity index (χ3n) is 5.21. The van der Waals surface area contributed by atoms with Gasteiger partial charge in [-0.25, -0.2) is 0 Å². The van der Waals surface area contributed by atoms with Crippen LogP contribution in [0.5, 0.6) is 0 Å². The molecule has 1 heterocycles. The Morgan fingerprint density at radius 1 is 0.840 bits per heavy atom.